The minimum atomic E-state index is -0.573. The molecule has 2 aromatic rings. The Bertz CT molecular complexity index is 1020. The summed E-state index contributed by atoms with van der Waals surface area (Å²) in [4.78, 5) is 28.2. The van der Waals surface area contributed by atoms with Gasteiger partial charge in [0, 0.05) is 19.0 Å². The van der Waals surface area contributed by atoms with Crippen LogP contribution in [0.3, 0.4) is 0 Å². The van der Waals surface area contributed by atoms with E-state index in [0.717, 1.165) is 49.8 Å². The van der Waals surface area contributed by atoms with Gasteiger partial charge in [0.05, 0.1) is 6.04 Å². The summed E-state index contributed by atoms with van der Waals surface area (Å²) in [7, 11) is 0. The van der Waals surface area contributed by atoms with E-state index in [-0.39, 0.29) is 23.8 Å². The van der Waals surface area contributed by atoms with E-state index in [9.17, 15) is 9.59 Å². The molecule has 0 saturated heterocycles. The molecule has 34 heavy (non-hydrogen) atoms. The number of hydrogen-bond acceptors (Lipinski definition) is 3. The predicted octanol–water partition coefficient (Wildman–Crippen LogP) is 5.12. The molecule has 0 aromatic heterocycles. The lowest BCUT2D eigenvalue weighted by atomic mass is 9.86. The van der Waals surface area contributed by atoms with Crippen LogP contribution >= 0.6 is 0 Å². The second-order valence-electron chi connectivity index (χ2n) is 9.49. The number of hydrogen-bond donors (Lipinski definition) is 1. The van der Waals surface area contributed by atoms with Crippen LogP contribution in [0.15, 0.2) is 55.1 Å². The van der Waals surface area contributed by atoms with Crippen molar-refractivity contribution in [2.75, 3.05) is 13.1 Å². The zero-order valence-electron chi connectivity index (χ0n) is 20.4. The van der Waals surface area contributed by atoms with Crippen molar-refractivity contribution in [2.45, 2.75) is 64.5 Å². The Hall–Kier alpha value is -3.08. The van der Waals surface area contributed by atoms with Gasteiger partial charge in [-0.2, -0.15) is 0 Å². The van der Waals surface area contributed by atoms with Crippen LogP contribution < -0.4 is 10.1 Å². The molecule has 1 aliphatic heterocycles. The van der Waals surface area contributed by atoms with Crippen LogP contribution in [0.2, 0.25) is 0 Å². The largest absolute Gasteiger partial charge is 0.481 e. The average molecular weight is 461 g/mol. The van der Waals surface area contributed by atoms with E-state index in [1.54, 1.807) is 6.08 Å². The lowest BCUT2D eigenvalue weighted by Crippen LogP contribution is -2.43. The number of ether oxygens (including phenoxy) is 1. The van der Waals surface area contributed by atoms with Crippen LogP contribution in [0.4, 0.5) is 0 Å². The molecule has 4 rings (SSSR count). The molecular formula is C29H36N2O3. The van der Waals surface area contributed by atoms with Crippen molar-refractivity contribution in [3.8, 4) is 5.75 Å². The first-order valence-corrected chi connectivity index (χ1v) is 12.6. The van der Waals surface area contributed by atoms with E-state index in [1.165, 1.54) is 11.1 Å². The molecule has 0 spiro atoms. The summed E-state index contributed by atoms with van der Waals surface area (Å²) < 4.78 is 6.14. The van der Waals surface area contributed by atoms with Crippen LogP contribution in [0.25, 0.3) is 0 Å². The number of aryl methyl sites for hydroxylation is 1. The highest BCUT2D eigenvalue weighted by Gasteiger charge is 2.36. The minimum absolute atomic E-state index is 0.131. The highest BCUT2D eigenvalue weighted by atomic mass is 16.5. The number of rotatable bonds is 8. The third-order valence-electron chi connectivity index (χ3n) is 7.09. The monoisotopic (exact) mass is 460 g/mol. The number of carbonyl (C=O) groups is 2. The topological polar surface area (TPSA) is 58.6 Å². The summed E-state index contributed by atoms with van der Waals surface area (Å²) in [6, 6.07) is 14.4. The zero-order valence-corrected chi connectivity index (χ0v) is 20.4. The second-order valence-corrected chi connectivity index (χ2v) is 9.49. The summed E-state index contributed by atoms with van der Waals surface area (Å²) in [5.41, 5.74) is 4.64. The van der Waals surface area contributed by atoms with Crippen LogP contribution in [-0.2, 0) is 16.0 Å². The van der Waals surface area contributed by atoms with E-state index in [1.807, 2.05) is 19.1 Å². The Balaban J connectivity index is 1.67. The predicted molar refractivity (Wildman–Crippen MR) is 135 cm³/mol. The van der Waals surface area contributed by atoms with E-state index in [4.69, 9.17) is 4.74 Å². The van der Waals surface area contributed by atoms with Gasteiger partial charge in [0.2, 0.25) is 5.91 Å². The Labute approximate surface area is 203 Å². The molecule has 1 saturated carbocycles. The molecule has 5 heteroatoms. The van der Waals surface area contributed by atoms with Gasteiger partial charge in [-0.3, -0.25) is 9.59 Å². The van der Waals surface area contributed by atoms with Crippen molar-refractivity contribution < 1.29 is 14.3 Å². The standard InChI is InChI=1S/C29H36N2O3/c1-4-17-30-28(32)26(5-2)34-24-15-14-21-16-18-31(29(33)23-8-6-7-9-23)27(25(21)19-24)22-12-10-20(3)11-13-22/h4,10-15,19,23,26-27H,1,5-9,16-18H2,2-3H3,(H,30,32)/t26-,27-/m1/s1. The first-order valence-electron chi connectivity index (χ1n) is 12.6. The Kier molecular flexibility index (Phi) is 7.71. The maximum atomic E-state index is 13.6. The summed E-state index contributed by atoms with van der Waals surface area (Å²) >= 11 is 0. The average Bonchev–Trinajstić information content (AvgIpc) is 3.40. The molecule has 0 bridgehead atoms. The van der Waals surface area contributed by atoms with E-state index in [2.05, 4.69) is 54.1 Å². The molecule has 2 aromatic carbocycles. The second kappa shape index (κ2) is 10.9. The maximum Gasteiger partial charge on any atom is 0.261 e. The fraction of sp³-hybridized carbons (Fsp3) is 0.448. The molecule has 1 fully saturated rings. The Morgan fingerprint density at radius 3 is 2.59 bits per heavy atom. The van der Waals surface area contributed by atoms with Gasteiger partial charge >= 0.3 is 0 Å². The lowest BCUT2D eigenvalue weighted by molar-refractivity contribution is -0.137. The van der Waals surface area contributed by atoms with Crippen molar-refractivity contribution in [2.24, 2.45) is 5.92 Å². The summed E-state index contributed by atoms with van der Waals surface area (Å²) in [6.45, 7) is 8.81. The number of carbonyl (C=O) groups excluding carboxylic acids is 2. The van der Waals surface area contributed by atoms with Crippen LogP contribution in [0, 0.1) is 12.8 Å². The van der Waals surface area contributed by atoms with Gasteiger partial charge in [-0.1, -0.05) is 61.7 Å². The molecular weight excluding hydrogens is 424 g/mol. The molecule has 2 amide bonds. The van der Waals surface area contributed by atoms with Crippen LogP contribution in [-0.4, -0.2) is 35.9 Å². The molecule has 180 valence electrons. The molecule has 1 aliphatic carbocycles. The Morgan fingerprint density at radius 1 is 1.18 bits per heavy atom. The molecule has 2 atom stereocenters. The minimum Gasteiger partial charge on any atom is -0.481 e. The summed E-state index contributed by atoms with van der Waals surface area (Å²) in [6.07, 6.45) is 6.73. The van der Waals surface area contributed by atoms with Gasteiger partial charge in [0.15, 0.2) is 6.10 Å². The highest BCUT2D eigenvalue weighted by Crippen LogP contribution is 2.40. The molecule has 0 unspecified atom stereocenters. The fourth-order valence-corrected chi connectivity index (χ4v) is 5.19. The zero-order chi connectivity index (χ0) is 24.1. The van der Waals surface area contributed by atoms with Crippen LogP contribution in [0.5, 0.6) is 5.75 Å². The van der Waals surface area contributed by atoms with Gasteiger partial charge in [-0.15, -0.1) is 6.58 Å². The Morgan fingerprint density at radius 2 is 1.91 bits per heavy atom. The van der Waals surface area contributed by atoms with Crippen LogP contribution in [0.1, 0.15) is 67.3 Å². The smallest absolute Gasteiger partial charge is 0.261 e. The highest BCUT2D eigenvalue weighted by molar-refractivity contribution is 5.81. The van der Waals surface area contributed by atoms with E-state index in [0.29, 0.717) is 18.7 Å². The quantitative estimate of drug-likeness (QED) is 0.557. The third kappa shape index (κ3) is 5.19. The third-order valence-corrected chi connectivity index (χ3v) is 7.09. The summed E-state index contributed by atoms with van der Waals surface area (Å²) in [5.74, 6) is 0.919. The molecule has 5 nitrogen and oxygen atoms in total. The number of benzene rings is 2. The number of nitrogens with one attached hydrogen (secondary N) is 1. The number of nitrogens with zero attached hydrogens (tertiary/aromatic N) is 1. The lowest BCUT2D eigenvalue weighted by Gasteiger charge is -2.39. The molecule has 0 radical (unpaired) electrons. The summed E-state index contributed by atoms with van der Waals surface area (Å²) in [5, 5.41) is 2.82. The van der Waals surface area contributed by atoms with Crippen molar-refractivity contribution >= 4 is 11.8 Å². The van der Waals surface area contributed by atoms with E-state index >= 15 is 0 Å². The van der Waals surface area contributed by atoms with Gasteiger partial charge in [-0.25, -0.2) is 0 Å². The van der Waals surface area contributed by atoms with Gasteiger partial charge < -0.3 is 15.0 Å². The molecule has 1 heterocycles. The molecule has 2 aliphatic rings. The number of fused-ring (bicyclic) bond motifs is 1. The van der Waals surface area contributed by atoms with Gasteiger partial charge in [0.25, 0.3) is 5.91 Å². The van der Waals surface area contributed by atoms with Crippen molar-refractivity contribution in [3.63, 3.8) is 0 Å². The van der Waals surface area contributed by atoms with E-state index < -0.39 is 6.10 Å². The van der Waals surface area contributed by atoms with Gasteiger partial charge in [-0.05, 0) is 61.4 Å². The first-order chi connectivity index (χ1) is 16.5. The van der Waals surface area contributed by atoms with Crippen molar-refractivity contribution in [3.05, 3.63) is 77.4 Å². The fourth-order valence-electron chi connectivity index (χ4n) is 5.19. The first kappa shape index (κ1) is 24.1. The van der Waals surface area contributed by atoms with Crippen molar-refractivity contribution in [1.29, 1.82) is 0 Å². The number of amides is 2. The molecule has 1 N–H and O–H groups in total. The van der Waals surface area contributed by atoms with Gasteiger partial charge in [0.1, 0.15) is 5.75 Å². The normalized spacial score (nSPS) is 18.8. The maximum absolute atomic E-state index is 13.6. The van der Waals surface area contributed by atoms with Crippen molar-refractivity contribution in [1.82, 2.24) is 10.2 Å². The SMILES string of the molecule is C=CCNC(=O)[C@@H](CC)Oc1ccc2c(c1)[C@@H](c1ccc(C)cc1)N(C(=O)C1CCCC1)CC2.